The number of aromatic nitrogens is 2. The van der Waals surface area contributed by atoms with Gasteiger partial charge in [-0.15, -0.1) is 0 Å². The smallest absolute Gasteiger partial charge is 0.330 e. The summed E-state index contributed by atoms with van der Waals surface area (Å²) in [5.41, 5.74) is 4.55. The van der Waals surface area contributed by atoms with E-state index in [1.165, 1.54) is 4.57 Å². The second kappa shape index (κ2) is 5.93. The Bertz CT molecular complexity index is 612. The maximum absolute atomic E-state index is 12.0. The van der Waals surface area contributed by atoms with Crippen molar-refractivity contribution in [3.05, 3.63) is 20.8 Å². The van der Waals surface area contributed by atoms with Gasteiger partial charge in [0.05, 0.1) is 12.1 Å². The summed E-state index contributed by atoms with van der Waals surface area (Å²) in [7, 11) is 0. The van der Waals surface area contributed by atoms with E-state index in [9.17, 15) is 14.7 Å². The zero-order valence-corrected chi connectivity index (χ0v) is 12.6. The summed E-state index contributed by atoms with van der Waals surface area (Å²) in [5.74, 6) is 0.740. The molecule has 1 saturated carbocycles. The van der Waals surface area contributed by atoms with Gasteiger partial charge in [0.2, 0.25) is 0 Å². The molecule has 7 heteroatoms. The molecule has 1 aromatic heterocycles. The summed E-state index contributed by atoms with van der Waals surface area (Å²) < 4.78 is 1.31. The molecule has 0 unspecified atom stereocenters. The monoisotopic (exact) mass is 296 g/mol. The molecule has 0 spiro atoms. The summed E-state index contributed by atoms with van der Waals surface area (Å²) in [6.07, 6.45) is 3.52. The molecule has 1 fully saturated rings. The third-order valence-electron chi connectivity index (χ3n) is 4.48. The number of anilines is 2. The van der Waals surface area contributed by atoms with E-state index in [0.717, 1.165) is 25.7 Å². The fraction of sp³-hybridized carbons (Fsp3) is 0.714. The van der Waals surface area contributed by atoms with Gasteiger partial charge in [-0.05, 0) is 38.5 Å². The van der Waals surface area contributed by atoms with E-state index in [1.54, 1.807) is 6.92 Å². The summed E-state index contributed by atoms with van der Waals surface area (Å²) in [4.78, 5) is 26.0. The van der Waals surface area contributed by atoms with Crippen LogP contribution in [-0.2, 0) is 6.54 Å². The van der Waals surface area contributed by atoms with E-state index in [1.807, 2.05) is 0 Å². The van der Waals surface area contributed by atoms with E-state index < -0.39 is 16.8 Å². The average molecular weight is 296 g/mol. The minimum absolute atomic E-state index is 0.0656. The lowest BCUT2D eigenvalue weighted by atomic mass is 9.77. The van der Waals surface area contributed by atoms with Crippen molar-refractivity contribution in [3.63, 3.8) is 0 Å². The molecule has 0 saturated heterocycles. The first-order valence-corrected chi connectivity index (χ1v) is 7.44. The first-order valence-electron chi connectivity index (χ1n) is 7.44. The Morgan fingerprint density at radius 3 is 2.57 bits per heavy atom. The van der Waals surface area contributed by atoms with Crippen molar-refractivity contribution in [2.75, 3.05) is 17.7 Å². The van der Waals surface area contributed by atoms with Gasteiger partial charge in [0.25, 0.3) is 5.56 Å². The molecule has 0 atom stereocenters. The highest BCUT2D eigenvalue weighted by atomic mass is 16.3. The minimum Gasteiger partial charge on any atom is -0.394 e. The van der Waals surface area contributed by atoms with Gasteiger partial charge in [-0.1, -0.05) is 6.92 Å². The summed E-state index contributed by atoms with van der Waals surface area (Å²) >= 11 is 0. The van der Waals surface area contributed by atoms with E-state index in [4.69, 9.17) is 5.73 Å². The van der Waals surface area contributed by atoms with Crippen LogP contribution in [0.15, 0.2) is 9.59 Å². The Labute approximate surface area is 123 Å². The maximum Gasteiger partial charge on any atom is 0.330 e. The lowest BCUT2D eigenvalue weighted by Crippen LogP contribution is -2.47. The second-order valence-corrected chi connectivity index (χ2v) is 6.01. The summed E-state index contributed by atoms with van der Waals surface area (Å²) in [5, 5.41) is 12.9. The molecule has 0 aliphatic heterocycles. The summed E-state index contributed by atoms with van der Waals surface area (Å²) in [6.45, 7) is 4.27. The number of nitrogens with one attached hydrogen (secondary N) is 2. The van der Waals surface area contributed by atoms with Crippen LogP contribution < -0.4 is 22.3 Å². The minimum atomic E-state index is -0.538. The molecular formula is C14H24N4O3. The van der Waals surface area contributed by atoms with Gasteiger partial charge >= 0.3 is 5.69 Å². The molecule has 7 nitrogen and oxygen atoms in total. The standard InChI is InChI=1S/C14H24N4O3/c1-3-18-11(15)10(12(20)16-13(18)21)17-14(8-19)6-4-9(2)5-7-14/h9,17,19H,3-8,15H2,1-2H3,(H,16,20,21). The lowest BCUT2D eigenvalue weighted by Gasteiger charge is -2.39. The van der Waals surface area contributed by atoms with Crippen molar-refractivity contribution in [1.82, 2.24) is 9.55 Å². The third kappa shape index (κ3) is 2.97. The molecule has 1 aliphatic carbocycles. The number of aliphatic hydroxyl groups is 1. The van der Waals surface area contributed by atoms with Gasteiger partial charge in [-0.25, -0.2) is 4.79 Å². The molecule has 0 bridgehead atoms. The molecular weight excluding hydrogens is 272 g/mol. The molecule has 0 amide bonds. The van der Waals surface area contributed by atoms with Crippen LogP contribution in [-0.4, -0.2) is 26.8 Å². The van der Waals surface area contributed by atoms with Gasteiger partial charge in [0.1, 0.15) is 11.5 Å². The van der Waals surface area contributed by atoms with Gasteiger partial charge in [-0.3, -0.25) is 14.3 Å². The van der Waals surface area contributed by atoms with Crippen molar-refractivity contribution in [1.29, 1.82) is 0 Å². The fourth-order valence-electron chi connectivity index (χ4n) is 2.93. The SMILES string of the molecule is CCn1c(N)c(NC2(CO)CCC(C)CC2)c(=O)[nH]c1=O. The number of hydrogen-bond acceptors (Lipinski definition) is 5. The summed E-state index contributed by atoms with van der Waals surface area (Å²) in [6, 6.07) is 0. The largest absolute Gasteiger partial charge is 0.394 e. The van der Waals surface area contributed by atoms with Crippen LogP contribution in [0.3, 0.4) is 0 Å². The van der Waals surface area contributed by atoms with Crippen LogP contribution in [0.25, 0.3) is 0 Å². The molecule has 1 aliphatic rings. The molecule has 1 heterocycles. The molecule has 2 rings (SSSR count). The Balaban J connectivity index is 2.38. The van der Waals surface area contributed by atoms with Crippen LogP contribution in [0.1, 0.15) is 39.5 Å². The van der Waals surface area contributed by atoms with Crippen molar-refractivity contribution < 1.29 is 5.11 Å². The van der Waals surface area contributed by atoms with Crippen LogP contribution in [0.5, 0.6) is 0 Å². The molecule has 118 valence electrons. The number of aliphatic hydroxyl groups excluding tert-OH is 1. The number of hydrogen-bond donors (Lipinski definition) is 4. The first-order chi connectivity index (χ1) is 9.92. The van der Waals surface area contributed by atoms with Crippen molar-refractivity contribution >= 4 is 11.5 Å². The molecule has 21 heavy (non-hydrogen) atoms. The molecule has 0 aromatic carbocycles. The molecule has 5 N–H and O–H groups in total. The van der Waals surface area contributed by atoms with Gasteiger partial charge in [0.15, 0.2) is 0 Å². The van der Waals surface area contributed by atoms with Gasteiger partial charge in [-0.2, -0.15) is 0 Å². The predicted molar refractivity (Wildman–Crippen MR) is 82.5 cm³/mol. The normalized spacial score (nSPS) is 25.8. The number of nitrogens with zero attached hydrogens (tertiary/aromatic N) is 1. The van der Waals surface area contributed by atoms with Crippen LogP contribution >= 0.6 is 0 Å². The number of rotatable bonds is 4. The maximum atomic E-state index is 12.0. The van der Waals surface area contributed by atoms with E-state index in [-0.39, 0.29) is 18.1 Å². The zero-order valence-electron chi connectivity index (χ0n) is 12.6. The Kier molecular flexibility index (Phi) is 4.41. The Morgan fingerprint density at radius 2 is 2.05 bits per heavy atom. The second-order valence-electron chi connectivity index (χ2n) is 6.01. The molecule has 1 aromatic rings. The number of nitrogens with two attached hydrogens (primary N) is 1. The van der Waals surface area contributed by atoms with Gasteiger partial charge < -0.3 is 16.2 Å². The zero-order chi connectivity index (χ0) is 15.6. The Morgan fingerprint density at radius 1 is 1.43 bits per heavy atom. The lowest BCUT2D eigenvalue weighted by molar-refractivity contribution is 0.155. The third-order valence-corrected chi connectivity index (χ3v) is 4.48. The van der Waals surface area contributed by atoms with Crippen LogP contribution in [0, 0.1) is 5.92 Å². The van der Waals surface area contributed by atoms with Crippen molar-refractivity contribution in [2.45, 2.75) is 51.6 Å². The van der Waals surface area contributed by atoms with Crippen LogP contribution in [0.4, 0.5) is 11.5 Å². The highest BCUT2D eigenvalue weighted by Crippen LogP contribution is 2.34. The predicted octanol–water partition coefficient (Wildman–Crippen LogP) is 0.492. The van der Waals surface area contributed by atoms with E-state index in [0.29, 0.717) is 12.5 Å². The highest BCUT2D eigenvalue weighted by molar-refractivity contribution is 5.61. The quantitative estimate of drug-likeness (QED) is 0.646. The number of H-pyrrole nitrogens is 1. The number of aromatic amines is 1. The van der Waals surface area contributed by atoms with Crippen molar-refractivity contribution in [2.24, 2.45) is 5.92 Å². The van der Waals surface area contributed by atoms with E-state index in [2.05, 4.69) is 17.2 Å². The average Bonchev–Trinajstić information content (AvgIpc) is 2.46. The highest BCUT2D eigenvalue weighted by Gasteiger charge is 2.35. The van der Waals surface area contributed by atoms with Gasteiger partial charge in [0, 0.05) is 6.54 Å². The topological polar surface area (TPSA) is 113 Å². The Hall–Kier alpha value is -1.76. The van der Waals surface area contributed by atoms with E-state index >= 15 is 0 Å². The molecule has 0 radical (unpaired) electrons. The first kappa shape index (κ1) is 15.6. The number of nitrogen functional groups attached to an aromatic ring is 1. The van der Waals surface area contributed by atoms with Crippen LogP contribution in [0.2, 0.25) is 0 Å². The fourth-order valence-corrected chi connectivity index (χ4v) is 2.93. The van der Waals surface area contributed by atoms with Crippen molar-refractivity contribution in [3.8, 4) is 0 Å².